The number of hydrogen-bond acceptors (Lipinski definition) is 5. The van der Waals surface area contributed by atoms with Crippen molar-refractivity contribution in [1.29, 1.82) is 0 Å². The monoisotopic (exact) mass is 276 g/mol. The summed E-state index contributed by atoms with van der Waals surface area (Å²) in [5.74, 6) is 0. The van der Waals surface area contributed by atoms with Gasteiger partial charge in [0, 0.05) is 17.0 Å². The fourth-order valence-corrected chi connectivity index (χ4v) is 2.39. The molecule has 0 aliphatic carbocycles. The molecule has 0 bridgehead atoms. The second-order valence-corrected chi connectivity index (χ2v) is 4.76. The maximum absolute atomic E-state index is 6.14. The van der Waals surface area contributed by atoms with Gasteiger partial charge in [0.25, 0.3) is 0 Å². The van der Waals surface area contributed by atoms with Crippen molar-refractivity contribution >= 4 is 39.7 Å². The quantitative estimate of drug-likeness (QED) is 0.797. The molecule has 0 spiro atoms. The van der Waals surface area contributed by atoms with Crippen LogP contribution in [-0.4, -0.2) is 14.6 Å². The van der Waals surface area contributed by atoms with Crippen molar-refractivity contribution in [2.24, 2.45) is 0 Å². The van der Waals surface area contributed by atoms with E-state index in [-0.39, 0.29) is 0 Å². The van der Waals surface area contributed by atoms with E-state index in [4.69, 9.17) is 11.6 Å². The number of fused-ring (bicyclic) bond motifs is 1. The Morgan fingerprint density at radius 2 is 2.22 bits per heavy atom. The standard InChI is InChI=1S/C12H9ClN4S/c13-10-3-4-11(12-9(10)2-1-5-14-12)15-6-8-7-18-17-16-8/h1-5,7,15H,6H2. The zero-order valence-electron chi connectivity index (χ0n) is 9.30. The van der Waals surface area contributed by atoms with Gasteiger partial charge in [-0.3, -0.25) is 4.98 Å². The van der Waals surface area contributed by atoms with Gasteiger partial charge in [0.2, 0.25) is 0 Å². The van der Waals surface area contributed by atoms with E-state index in [1.807, 2.05) is 29.6 Å². The summed E-state index contributed by atoms with van der Waals surface area (Å²) in [6.07, 6.45) is 1.76. The van der Waals surface area contributed by atoms with Gasteiger partial charge in [-0.2, -0.15) is 0 Å². The number of pyridine rings is 1. The minimum absolute atomic E-state index is 0.629. The summed E-state index contributed by atoms with van der Waals surface area (Å²) < 4.78 is 3.83. The van der Waals surface area contributed by atoms with Gasteiger partial charge in [0.05, 0.1) is 28.5 Å². The van der Waals surface area contributed by atoms with Gasteiger partial charge in [-0.25, -0.2) is 0 Å². The third kappa shape index (κ3) is 2.14. The Morgan fingerprint density at radius 3 is 3.06 bits per heavy atom. The molecule has 0 unspecified atom stereocenters. The summed E-state index contributed by atoms with van der Waals surface area (Å²) in [6, 6.07) is 7.63. The largest absolute Gasteiger partial charge is 0.378 e. The molecular weight excluding hydrogens is 268 g/mol. The maximum Gasteiger partial charge on any atom is 0.0948 e. The van der Waals surface area contributed by atoms with E-state index in [0.717, 1.165) is 22.3 Å². The van der Waals surface area contributed by atoms with Crippen LogP contribution in [0.5, 0.6) is 0 Å². The van der Waals surface area contributed by atoms with Crippen LogP contribution in [0, 0.1) is 0 Å². The first-order chi connectivity index (χ1) is 8.84. The van der Waals surface area contributed by atoms with Crippen LogP contribution in [0.15, 0.2) is 35.8 Å². The van der Waals surface area contributed by atoms with E-state index < -0.39 is 0 Å². The van der Waals surface area contributed by atoms with Crippen LogP contribution in [-0.2, 0) is 6.54 Å². The Labute approximate surface area is 113 Å². The van der Waals surface area contributed by atoms with Gasteiger partial charge in [-0.15, -0.1) is 5.10 Å². The van der Waals surface area contributed by atoms with Crippen molar-refractivity contribution in [3.8, 4) is 0 Å². The van der Waals surface area contributed by atoms with Crippen LogP contribution < -0.4 is 5.32 Å². The molecule has 0 aliphatic rings. The van der Waals surface area contributed by atoms with Crippen LogP contribution in [0.25, 0.3) is 10.9 Å². The van der Waals surface area contributed by atoms with E-state index in [9.17, 15) is 0 Å². The first-order valence-electron chi connectivity index (χ1n) is 5.37. The van der Waals surface area contributed by atoms with Gasteiger partial charge >= 0.3 is 0 Å². The third-order valence-corrected chi connectivity index (χ3v) is 3.46. The molecule has 90 valence electrons. The molecule has 3 rings (SSSR count). The normalized spacial score (nSPS) is 10.7. The van der Waals surface area contributed by atoms with Gasteiger partial charge in [0.15, 0.2) is 0 Å². The number of halogens is 1. The smallest absolute Gasteiger partial charge is 0.0948 e. The molecule has 0 saturated heterocycles. The zero-order valence-corrected chi connectivity index (χ0v) is 10.9. The fourth-order valence-electron chi connectivity index (χ4n) is 1.73. The van der Waals surface area contributed by atoms with E-state index in [1.54, 1.807) is 6.20 Å². The van der Waals surface area contributed by atoms with Crippen LogP contribution in [0.2, 0.25) is 5.02 Å². The highest BCUT2D eigenvalue weighted by atomic mass is 35.5. The van der Waals surface area contributed by atoms with E-state index in [2.05, 4.69) is 19.9 Å². The molecule has 4 nitrogen and oxygen atoms in total. The van der Waals surface area contributed by atoms with Gasteiger partial charge in [0.1, 0.15) is 0 Å². The van der Waals surface area contributed by atoms with Crippen molar-refractivity contribution in [3.05, 3.63) is 46.6 Å². The minimum atomic E-state index is 0.629. The zero-order chi connectivity index (χ0) is 12.4. The predicted octanol–water partition coefficient (Wildman–Crippen LogP) is 3.35. The van der Waals surface area contributed by atoms with Gasteiger partial charge in [-0.1, -0.05) is 16.1 Å². The van der Waals surface area contributed by atoms with Crippen molar-refractivity contribution < 1.29 is 0 Å². The summed E-state index contributed by atoms with van der Waals surface area (Å²) >= 11 is 7.48. The third-order valence-electron chi connectivity index (χ3n) is 2.58. The molecule has 2 aromatic heterocycles. The number of hydrogen-bond donors (Lipinski definition) is 1. The van der Waals surface area contributed by atoms with Crippen molar-refractivity contribution in [3.63, 3.8) is 0 Å². The molecular formula is C12H9ClN4S. The van der Waals surface area contributed by atoms with E-state index in [0.29, 0.717) is 11.6 Å². The Kier molecular flexibility index (Phi) is 3.08. The van der Waals surface area contributed by atoms with Crippen LogP contribution in [0.4, 0.5) is 5.69 Å². The number of anilines is 1. The fraction of sp³-hybridized carbons (Fsp3) is 0.0833. The molecule has 18 heavy (non-hydrogen) atoms. The van der Waals surface area contributed by atoms with Crippen LogP contribution in [0.1, 0.15) is 5.69 Å². The lowest BCUT2D eigenvalue weighted by atomic mass is 10.2. The highest BCUT2D eigenvalue weighted by Gasteiger charge is 2.05. The highest BCUT2D eigenvalue weighted by Crippen LogP contribution is 2.28. The SMILES string of the molecule is Clc1ccc(NCc2csnn2)c2ncccc12. The Bertz CT molecular complexity index is 669. The van der Waals surface area contributed by atoms with E-state index >= 15 is 0 Å². The van der Waals surface area contributed by atoms with E-state index in [1.165, 1.54) is 11.5 Å². The van der Waals surface area contributed by atoms with Crippen molar-refractivity contribution in [1.82, 2.24) is 14.6 Å². The summed E-state index contributed by atoms with van der Waals surface area (Å²) in [5, 5.41) is 10.9. The summed E-state index contributed by atoms with van der Waals surface area (Å²) in [5.41, 5.74) is 2.73. The lowest BCUT2D eigenvalue weighted by Crippen LogP contribution is -2.01. The molecule has 0 saturated carbocycles. The second-order valence-electron chi connectivity index (χ2n) is 3.74. The molecule has 6 heteroatoms. The molecule has 1 N–H and O–H groups in total. The van der Waals surface area contributed by atoms with Gasteiger partial charge in [-0.05, 0) is 35.8 Å². The van der Waals surface area contributed by atoms with Gasteiger partial charge < -0.3 is 5.32 Å². The molecule has 0 atom stereocenters. The summed E-state index contributed by atoms with van der Waals surface area (Å²) in [6.45, 7) is 0.629. The Balaban J connectivity index is 1.94. The molecule has 0 fully saturated rings. The average molecular weight is 277 g/mol. The molecule has 0 amide bonds. The average Bonchev–Trinajstić information content (AvgIpc) is 2.92. The number of nitrogens with zero attached hydrogens (tertiary/aromatic N) is 3. The Hall–Kier alpha value is -1.72. The minimum Gasteiger partial charge on any atom is -0.378 e. The topological polar surface area (TPSA) is 50.7 Å². The maximum atomic E-state index is 6.14. The number of benzene rings is 1. The second kappa shape index (κ2) is 4.88. The van der Waals surface area contributed by atoms with Crippen LogP contribution >= 0.6 is 23.1 Å². The van der Waals surface area contributed by atoms with Crippen molar-refractivity contribution in [2.75, 3.05) is 5.32 Å². The summed E-state index contributed by atoms with van der Waals surface area (Å²) in [4.78, 5) is 4.36. The highest BCUT2D eigenvalue weighted by molar-refractivity contribution is 7.03. The molecule has 0 radical (unpaired) electrons. The first-order valence-corrected chi connectivity index (χ1v) is 6.59. The number of rotatable bonds is 3. The van der Waals surface area contributed by atoms with Crippen molar-refractivity contribution in [2.45, 2.75) is 6.54 Å². The summed E-state index contributed by atoms with van der Waals surface area (Å²) in [7, 11) is 0. The first kappa shape index (κ1) is 11.4. The lowest BCUT2D eigenvalue weighted by Gasteiger charge is -2.08. The molecule has 2 heterocycles. The number of nitrogens with one attached hydrogen (secondary N) is 1. The molecule has 3 aromatic rings. The Morgan fingerprint density at radius 1 is 1.28 bits per heavy atom. The van der Waals surface area contributed by atoms with Crippen LogP contribution in [0.3, 0.4) is 0 Å². The molecule has 1 aromatic carbocycles. The number of aromatic nitrogens is 3. The predicted molar refractivity (Wildman–Crippen MR) is 74.0 cm³/mol. The lowest BCUT2D eigenvalue weighted by molar-refractivity contribution is 0.999. The molecule has 0 aliphatic heterocycles.